The highest BCUT2D eigenvalue weighted by molar-refractivity contribution is 7.59. The van der Waals surface area contributed by atoms with Crippen LogP contribution in [0.2, 0.25) is 0 Å². The van der Waals surface area contributed by atoms with Gasteiger partial charge in [0.2, 0.25) is 0 Å². The summed E-state index contributed by atoms with van der Waals surface area (Å²) in [5.74, 6) is 0. The van der Waals surface area contributed by atoms with E-state index >= 15 is 0 Å². The summed E-state index contributed by atoms with van der Waals surface area (Å²) >= 11 is 4.05. The predicted octanol–water partition coefficient (Wildman–Crippen LogP) is 4.72. The molecule has 2 heteroatoms. The Hall–Kier alpha value is -2.29. The normalized spacial score (nSPS) is 19.0. The second-order valence-electron chi connectivity index (χ2n) is 6.81. The van der Waals surface area contributed by atoms with E-state index in [1.165, 1.54) is 43.8 Å². The number of nitrogens with one attached hydrogen (secondary N) is 1. The van der Waals surface area contributed by atoms with Crippen LogP contribution < -0.4 is 5.32 Å². The molecule has 5 rings (SSSR count). The van der Waals surface area contributed by atoms with Crippen LogP contribution in [0.15, 0.2) is 72.8 Å². The SMILES string of the molecule is CNC1c2cc(c3cc4ccccc4cc3c2)C([SH2+])c2ccccc21. The van der Waals surface area contributed by atoms with Crippen LogP contribution in [-0.4, -0.2) is 7.05 Å². The van der Waals surface area contributed by atoms with Crippen molar-refractivity contribution in [2.45, 2.75) is 11.3 Å². The van der Waals surface area contributed by atoms with Crippen LogP contribution in [0, 0.1) is 0 Å². The summed E-state index contributed by atoms with van der Waals surface area (Å²) in [4.78, 5) is 0. The molecule has 1 aliphatic carbocycles. The Labute approximate surface area is 153 Å². The van der Waals surface area contributed by atoms with Gasteiger partial charge in [0.05, 0.1) is 6.04 Å². The van der Waals surface area contributed by atoms with E-state index in [9.17, 15) is 0 Å². The molecule has 0 saturated carbocycles. The molecule has 0 saturated heterocycles. The van der Waals surface area contributed by atoms with Gasteiger partial charge in [-0.15, -0.1) is 0 Å². The topological polar surface area (TPSA) is 12.0 Å². The van der Waals surface area contributed by atoms with Crippen molar-refractivity contribution in [1.82, 2.24) is 5.32 Å². The largest absolute Gasteiger partial charge is 0.309 e. The molecule has 2 unspecified atom stereocenters. The van der Waals surface area contributed by atoms with Crippen molar-refractivity contribution in [1.29, 1.82) is 0 Å². The minimum Gasteiger partial charge on any atom is -0.309 e. The van der Waals surface area contributed by atoms with Crippen LogP contribution in [0.5, 0.6) is 0 Å². The Bertz CT molecular complexity index is 1120. The van der Waals surface area contributed by atoms with E-state index in [1.807, 2.05) is 7.05 Å². The summed E-state index contributed by atoms with van der Waals surface area (Å²) in [7, 11) is 2.04. The first-order valence-electron chi connectivity index (χ1n) is 8.70. The van der Waals surface area contributed by atoms with Gasteiger partial charge < -0.3 is 5.32 Å². The average Bonchev–Trinajstić information content (AvgIpc) is 2.75. The molecule has 0 spiro atoms. The lowest BCUT2D eigenvalue weighted by molar-refractivity contribution is 0.690. The van der Waals surface area contributed by atoms with Crippen molar-refractivity contribution in [3.63, 3.8) is 0 Å². The summed E-state index contributed by atoms with van der Waals surface area (Å²) in [6.07, 6.45) is 0. The monoisotopic (exact) mass is 342 g/mol. The fourth-order valence-corrected chi connectivity index (χ4v) is 4.72. The highest BCUT2D eigenvalue weighted by atomic mass is 32.1. The third kappa shape index (κ3) is 2.21. The van der Waals surface area contributed by atoms with Gasteiger partial charge in [-0.1, -0.05) is 48.5 Å². The summed E-state index contributed by atoms with van der Waals surface area (Å²) in [5.41, 5.74) is 5.36. The van der Waals surface area contributed by atoms with Crippen molar-refractivity contribution in [3.8, 4) is 0 Å². The third-order valence-electron chi connectivity index (χ3n) is 5.42. The molecule has 122 valence electrons. The van der Waals surface area contributed by atoms with Crippen LogP contribution in [0.4, 0.5) is 0 Å². The number of hydrogen-bond acceptors (Lipinski definition) is 1. The predicted molar refractivity (Wildman–Crippen MR) is 111 cm³/mol. The van der Waals surface area contributed by atoms with Crippen molar-refractivity contribution >= 4 is 34.2 Å². The Morgan fingerprint density at radius 2 is 1.40 bits per heavy atom. The second kappa shape index (κ2) is 5.62. The van der Waals surface area contributed by atoms with Crippen LogP contribution in [0.3, 0.4) is 0 Å². The molecule has 0 amide bonds. The first-order valence-corrected chi connectivity index (χ1v) is 9.27. The van der Waals surface area contributed by atoms with Crippen LogP contribution in [-0.2, 0) is 12.6 Å². The number of fused-ring (bicyclic) bond motifs is 6. The minimum atomic E-state index is 0.193. The van der Waals surface area contributed by atoms with E-state index < -0.39 is 0 Å². The summed E-state index contributed by atoms with van der Waals surface area (Å²) in [6.45, 7) is 0. The van der Waals surface area contributed by atoms with E-state index in [2.05, 4.69) is 90.7 Å². The summed E-state index contributed by atoms with van der Waals surface area (Å²) in [5, 5.41) is 8.92. The van der Waals surface area contributed by atoms with Gasteiger partial charge in [0.1, 0.15) is 0 Å². The van der Waals surface area contributed by atoms with Gasteiger partial charge in [-0.2, -0.15) is 0 Å². The molecule has 25 heavy (non-hydrogen) atoms. The molecule has 0 heterocycles. The van der Waals surface area contributed by atoms with E-state index in [4.69, 9.17) is 0 Å². The maximum atomic E-state index is 4.05. The van der Waals surface area contributed by atoms with E-state index in [-0.39, 0.29) is 11.3 Å². The molecule has 0 fully saturated rings. The van der Waals surface area contributed by atoms with Gasteiger partial charge in [-0.05, 0) is 76.6 Å². The van der Waals surface area contributed by atoms with Gasteiger partial charge in [0, 0.05) is 11.1 Å². The number of hydrogen-bond donors (Lipinski definition) is 1. The molecule has 1 aliphatic rings. The zero-order valence-electron chi connectivity index (χ0n) is 14.1. The lowest BCUT2D eigenvalue weighted by atomic mass is 9.95. The summed E-state index contributed by atoms with van der Waals surface area (Å²) < 4.78 is 0. The maximum absolute atomic E-state index is 4.05. The standard InChI is InChI=1S/C23H19NS/c1-24-22-17-11-16-10-14-6-2-3-7-15(14)12-20(16)21(13-17)23(25)19-9-5-4-8-18(19)22/h2-13,22-25H,1H3/p+1. The lowest BCUT2D eigenvalue weighted by Gasteiger charge is -2.18. The highest BCUT2D eigenvalue weighted by Gasteiger charge is 2.29. The Morgan fingerprint density at radius 3 is 2.16 bits per heavy atom. The van der Waals surface area contributed by atoms with Crippen molar-refractivity contribution < 1.29 is 0 Å². The van der Waals surface area contributed by atoms with Crippen molar-refractivity contribution in [2.24, 2.45) is 0 Å². The van der Waals surface area contributed by atoms with Crippen molar-refractivity contribution in [2.75, 3.05) is 7.05 Å². The van der Waals surface area contributed by atoms with Crippen LogP contribution in [0.1, 0.15) is 33.5 Å². The van der Waals surface area contributed by atoms with Gasteiger partial charge in [-0.25, -0.2) is 0 Å². The Kier molecular flexibility index (Phi) is 3.37. The van der Waals surface area contributed by atoms with Crippen LogP contribution >= 0.6 is 0 Å². The quantitative estimate of drug-likeness (QED) is 0.390. The van der Waals surface area contributed by atoms with Gasteiger partial charge in [0.25, 0.3) is 0 Å². The maximum Gasteiger partial charge on any atom is 0.164 e. The Morgan fingerprint density at radius 1 is 0.720 bits per heavy atom. The molecule has 0 aliphatic heterocycles. The zero-order chi connectivity index (χ0) is 17.0. The minimum absolute atomic E-state index is 0.193. The van der Waals surface area contributed by atoms with Gasteiger partial charge in [-0.3, -0.25) is 0 Å². The molecular formula is C23H20NS+. The molecule has 0 radical (unpaired) electrons. The number of rotatable bonds is 1. The van der Waals surface area contributed by atoms with E-state index in [0.29, 0.717) is 0 Å². The first-order chi connectivity index (χ1) is 12.3. The molecule has 0 aromatic heterocycles. The molecule has 2 atom stereocenters. The Balaban J connectivity index is 1.90. The highest BCUT2D eigenvalue weighted by Crippen LogP contribution is 2.41. The van der Waals surface area contributed by atoms with Crippen LogP contribution in [0.25, 0.3) is 21.5 Å². The lowest BCUT2D eigenvalue weighted by Crippen LogP contribution is -2.18. The molecule has 1 N–H and O–H groups in total. The van der Waals surface area contributed by atoms with E-state index in [0.717, 1.165) is 0 Å². The fourth-order valence-electron chi connectivity index (χ4n) is 4.22. The molecule has 4 aromatic rings. The zero-order valence-corrected chi connectivity index (χ0v) is 15.1. The average molecular weight is 342 g/mol. The summed E-state index contributed by atoms with van der Waals surface area (Å²) in [6, 6.07) is 26.9. The fraction of sp³-hybridized carbons (Fsp3) is 0.130. The van der Waals surface area contributed by atoms with Crippen molar-refractivity contribution in [3.05, 3.63) is 95.1 Å². The number of benzene rings is 4. The molecular weight excluding hydrogens is 322 g/mol. The van der Waals surface area contributed by atoms with E-state index in [1.54, 1.807) is 0 Å². The molecule has 4 aromatic carbocycles. The first kappa shape index (κ1) is 15.0. The third-order valence-corrected chi connectivity index (χ3v) is 6.05. The molecule has 2 bridgehead atoms. The van der Waals surface area contributed by atoms with Gasteiger partial charge in [0.15, 0.2) is 5.25 Å². The smallest absolute Gasteiger partial charge is 0.164 e. The van der Waals surface area contributed by atoms with Gasteiger partial charge >= 0.3 is 0 Å². The molecule has 1 nitrogen and oxygen atoms in total. The second-order valence-corrected chi connectivity index (χ2v) is 7.39.